The van der Waals surface area contributed by atoms with Gasteiger partial charge in [-0.2, -0.15) is 0 Å². The van der Waals surface area contributed by atoms with Gasteiger partial charge in [-0.3, -0.25) is 0 Å². The minimum absolute atomic E-state index is 0.103. The highest BCUT2D eigenvalue weighted by Crippen LogP contribution is 2.31. The quantitative estimate of drug-likeness (QED) is 0.539. The molecule has 3 aliphatic rings. The molecule has 0 bridgehead atoms. The fourth-order valence-corrected chi connectivity index (χ4v) is 4.64. The molecule has 0 saturated carbocycles. The highest BCUT2D eigenvalue weighted by molar-refractivity contribution is 6.32. The van der Waals surface area contributed by atoms with E-state index in [1.165, 1.54) is 0 Å². The molecule has 1 aromatic carbocycles. The maximum absolute atomic E-state index is 14.5. The molecule has 1 amide bonds. The molecule has 2 atom stereocenters. The van der Waals surface area contributed by atoms with Crippen molar-refractivity contribution in [3.8, 4) is 5.75 Å². The van der Waals surface area contributed by atoms with E-state index < -0.39 is 11.9 Å². The zero-order valence-corrected chi connectivity index (χ0v) is 20.1. The summed E-state index contributed by atoms with van der Waals surface area (Å²) in [5.74, 6) is 0.383. The van der Waals surface area contributed by atoms with Crippen LogP contribution >= 0.6 is 23.2 Å². The summed E-state index contributed by atoms with van der Waals surface area (Å²) in [5, 5.41) is 10.4. The Kier molecular flexibility index (Phi) is 6.79. The number of allylic oxidation sites excluding steroid dienone is 2. The molecule has 8 nitrogen and oxygen atoms in total. The van der Waals surface area contributed by atoms with E-state index in [1.807, 2.05) is 6.08 Å². The van der Waals surface area contributed by atoms with Crippen molar-refractivity contribution in [2.45, 2.75) is 19.0 Å². The van der Waals surface area contributed by atoms with Crippen molar-refractivity contribution in [2.75, 3.05) is 25.0 Å². The Balaban J connectivity index is 1.22. The molecule has 0 aliphatic carbocycles. The van der Waals surface area contributed by atoms with Crippen LogP contribution in [0.15, 0.2) is 59.5 Å². The Hall–Kier alpha value is -3.30. The van der Waals surface area contributed by atoms with E-state index in [0.29, 0.717) is 41.3 Å². The molecule has 1 saturated heterocycles. The number of piperidine rings is 1. The fourth-order valence-electron chi connectivity index (χ4n) is 4.29. The average Bonchev–Trinajstić information content (AvgIpc) is 3.28. The monoisotopic (exact) mass is 516 g/mol. The van der Waals surface area contributed by atoms with Crippen LogP contribution in [-0.4, -0.2) is 46.8 Å². The lowest BCUT2D eigenvalue weighted by molar-refractivity contribution is 0.128. The molecule has 182 valence electrons. The number of rotatable bonds is 5. The second-order valence-corrected chi connectivity index (χ2v) is 9.32. The molecule has 2 aromatic rings. The number of hydrogen-bond acceptors (Lipinski definition) is 7. The SMILES string of the molecule is O=C(Oc1ccccc1Cl)N1CCC[C@H](CNc2nc(C3=CNC4NC=C(Cl)C=C34)ncc2F)C1. The molecule has 1 unspecified atom stereocenters. The number of para-hydroxylation sites is 1. The highest BCUT2D eigenvalue weighted by atomic mass is 35.5. The standard InChI is InChI=1S/C24H23Cl2FN6O2/c25-15-8-16-17(11-30-21(16)29-10-15)22-31-12-19(27)23(32-22)28-9-14-4-3-7-33(13-14)24(34)35-20-6-2-1-5-18(20)26/h1-2,5-6,8,10-12,14,21,29-30H,3-4,7,9,13H2,(H,28,31,32)/t14-,21?/m1/s1. The van der Waals surface area contributed by atoms with Gasteiger partial charge < -0.3 is 25.6 Å². The minimum Gasteiger partial charge on any atom is -0.409 e. The van der Waals surface area contributed by atoms with Gasteiger partial charge in [-0.15, -0.1) is 0 Å². The summed E-state index contributed by atoms with van der Waals surface area (Å²) < 4.78 is 20.0. The second-order valence-electron chi connectivity index (χ2n) is 8.48. The number of anilines is 1. The van der Waals surface area contributed by atoms with Crippen LogP contribution in [0.1, 0.15) is 18.7 Å². The van der Waals surface area contributed by atoms with E-state index >= 15 is 0 Å². The van der Waals surface area contributed by atoms with Crippen molar-refractivity contribution in [2.24, 2.45) is 5.92 Å². The van der Waals surface area contributed by atoms with Gasteiger partial charge in [0.1, 0.15) is 6.17 Å². The number of amides is 1. The lowest BCUT2D eigenvalue weighted by Crippen LogP contribution is -2.43. The first-order chi connectivity index (χ1) is 17.0. The third-order valence-electron chi connectivity index (χ3n) is 6.05. The first-order valence-corrected chi connectivity index (χ1v) is 12.0. The van der Waals surface area contributed by atoms with Gasteiger partial charge in [0.25, 0.3) is 0 Å². The van der Waals surface area contributed by atoms with Gasteiger partial charge in [0.05, 0.1) is 16.3 Å². The van der Waals surface area contributed by atoms with Gasteiger partial charge in [0.2, 0.25) is 0 Å². The Morgan fingerprint density at radius 1 is 1.26 bits per heavy atom. The van der Waals surface area contributed by atoms with Crippen molar-refractivity contribution in [3.63, 3.8) is 0 Å². The number of ether oxygens (including phenoxy) is 1. The maximum Gasteiger partial charge on any atom is 0.415 e. The first-order valence-electron chi connectivity index (χ1n) is 11.3. The predicted molar refractivity (Wildman–Crippen MR) is 132 cm³/mol. The third-order valence-corrected chi connectivity index (χ3v) is 6.58. The maximum atomic E-state index is 14.5. The van der Waals surface area contributed by atoms with Crippen molar-refractivity contribution >= 4 is 40.7 Å². The largest absolute Gasteiger partial charge is 0.415 e. The van der Waals surface area contributed by atoms with Gasteiger partial charge in [-0.1, -0.05) is 35.3 Å². The predicted octanol–water partition coefficient (Wildman–Crippen LogP) is 4.47. The Morgan fingerprint density at radius 2 is 2.09 bits per heavy atom. The second kappa shape index (κ2) is 10.1. The van der Waals surface area contributed by atoms with Crippen LogP contribution in [0.2, 0.25) is 5.02 Å². The van der Waals surface area contributed by atoms with Gasteiger partial charge in [0.15, 0.2) is 23.2 Å². The van der Waals surface area contributed by atoms with E-state index in [-0.39, 0.29) is 17.9 Å². The number of nitrogens with zero attached hydrogens (tertiary/aromatic N) is 3. The number of fused-ring (bicyclic) bond motifs is 1. The number of benzene rings is 1. The molecular formula is C24H23Cl2FN6O2. The molecule has 3 N–H and O–H groups in total. The zero-order valence-electron chi connectivity index (χ0n) is 18.6. The lowest BCUT2D eigenvalue weighted by atomic mass is 9.98. The number of likely N-dealkylation sites (tertiary alicyclic amines) is 1. The summed E-state index contributed by atoms with van der Waals surface area (Å²) >= 11 is 12.2. The first kappa shape index (κ1) is 23.4. The molecule has 3 aliphatic heterocycles. The summed E-state index contributed by atoms with van der Waals surface area (Å²) in [7, 11) is 0. The number of aromatic nitrogens is 2. The normalized spacial score (nSPS) is 21.1. The zero-order chi connectivity index (χ0) is 24.4. The number of carbonyl (C=O) groups excluding carboxylic acids is 1. The number of carbonyl (C=O) groups is 1. The average molecular weight is 517 g/mol. The van der Waals surface area contributed by atoms with Crippen molar-refractivity contribution in [3.05, 3.63) is 76.2 Å². The highest BCUT2D eigenvalue weighted by Gasteiger charge is 2.29. The van der Waals surface area contributed by atoms with Crippen LogP contribution in [0.25, 0.3) is 5.57 Å². The fraction of sp³-hybridized carbons (Fsp3) is 0.292. The van der Waals surface area contributed by atoms with E-state index in [9.17, 15) is 9.18 Å². The molecule has 0 radical (unpaired) electrons. The lowest BCUT2D eigenvalue weighted by Gasteiger charge is -2.32. The summed E-state index contributed by atoms with van der Waals surface area (Å²) in [5.41, 5.74) is 1.62. The van der Waals surface area contributed by atoms with Crippen LogP contribution in [0.4, 0.5) is 15.0 Å². The van der Waals surface area contributed by atoms with Crippen LogP contribution in [0.3, 0.4) is 0 Å². The Bertz CT molecular complexity index is 1230. The van der Waals surface area contributed by atoms with Crippen molar-refractivity contribution in [1.29, 1.82) is 0 Å². The smallest absolute Gasteiger partial charge is 0.409 e. The van der Waals surface area contributed by atoms with Crippen molar-refractivity contribution < 1.29 is 13.9 Å². The minimum atomic E-state index is -0.545. The summed E-state index contributed by atoms with van der Waals surface area (Å²) in [6.45, 7) is 1.52. The summed E-state index contributed by atoms with van der Waals surface area (Å²) in [6, 6.07) is 6.85. The Morgan fingerprint density at radius 3 is 2.94 bits per heavy atom. The van der Waals surface area contributed by atoms with E-state index in [0.717, 1.165) is 30.2 Å². The van der Waals surface area contributed by atoms with Gasteiger partial charge in [0, 0.05) is 43.2 Å². The van der Waals surface area contributed by atoms with E-state index in [2.05, 4.69) is 25.9 Å². The van der Waals surface area contributed by atoms with Gasteiger partial charge >= 0.3 is 6.09 Å². The van der Waals surface area contributed by atoms with Gasteiger partial charge in [-0.25, -0.2) is 19.2 Å². The molecule has 1 fully saturated rings. The molecule has 5 rings (SSSR count). The van der Waals surface area contributed by atoms with E-state index in [4.69, 9.17) is 27.9 Å². The molecule has 11 heteroatoms. The molecule has 35 heavy (non-hydrogen) atoms. The summed E-state index contributed by atoms with van der Waals surface area (Å²) in [4.78, 5) is 22.9. The number of hydrogen-bond donors (Lipinski definition) is 3. The topological polar surface area (TPSA) is 91.4 Å². The van der Waals surface area contributed by atoms with E-state index in [1.54, 1.807) is 41.6 Å². The number of dihydropyridines is 1. The van der Waals surface area contributed by atoms with Crippen molar-refractivity contribution in [1.82, 2.24) is 25.5 Å². The molecular weight excluding hydrogens is 494 g/mol. The number of nitrogens with one attached hydrogen (secondary N) is 3. The third kappa shape index (κ3) is 5.21. The van der Waals surface area contributed by atoms with Crippen LogP contribution in [-0.2, 0) is 0 Å². The van der Waals surface area contributed by atoms with Crippen LogP contribution in [0.5, 0.6) is 5.75 Å². The van der Waals surface area contributed by atoms with Crippen LogP contribution in [0, 0.1) is 11.7 Å². The summed E-state index contributed by atoms with van der Waals surface area (Å²) in [6.07, 6.45) is 7.60. The molecule has 4 heterocycles. The molecule has 0 spiro atoms. The molecule has 1 aromatic heterocycles. The van der Waals surface area contributed by atoms with Crippen LogP contribution < -0.4 is 20.7 Å². The van der Waals surface area contributed by atoms with Gasteiger partial charge in [-0.05, 0) is 37.0 Å². The Labute approximate surface area is 211 Å². The number of halogens is 3.